The standard InChI is InChI=1S/C26H22N2O4/c1-3-31-26(29)23-12-10-21(14-25(23)32-17-30-2)28-16-20(15-27)22-11-9-19(13-24(22)28)18-7-5-4-6-8-18/h4-14,16H,3,17H2,1-2H3. The quantitative estimate of drug-likeness (QED) is 0.295. The first-order valence-corrected chi connectivity index (χ1v) is 10.2. The summed E-state index contributed by atoms with van der Waals surface area (Å²) in [7, 11) is 1.51. The van der Waals surface area contributed by atoms with Gasteiger partial charge in [-0.2, -0.15) is 5.26 Å². The fourth-order valence-corrected chi connectivity index (χ4v) is 3.62. The average Bonchev–Trinajstić information content (AvgIpc) is 3.21. The number of nitriles is 1. The smallest absolute Gasteiger partial charge is 0.341 e. The molecule has 0 unspecified atom stereocenters. The first kappa shape index (κ1) is 21.2. The van der Waals surface area contributed by atoms with Crippen LogP contribution in [-0.4, -0.2) is 31.0 Å². The summed E-state index contributed by atoms with van der Waals surface area (Å²) in [5.74, 6) is -0.117. The minimum atomic E-state index is -0.466. The number of carbonyl (C=O) groups excluding carboxylic acids is 1. The molecule has 0 saturated heterocycles. The van der Waals surface area contributed by atoms with Crippen LogP contribution in [-0.2, 0) is 9.47 Å². The van der Waals surface area contributed by atoms with E-state index in [1.165, 1.54) is 7.11 Å². The molecule has 3 aromatic carbocycles. The molecule has 4 rings (SSSR count). The van der Waals surface area contributed by atoms with E-state index in [0.29, 0.717) is 16.9 Å². The molecule has 0 aliphatic rings. The molecule has 0 radical (unpaired) electrons. The Bertz CT molecular complexity index is 1300. The topological polar surface area (TPSA) is 73.5 Å². The van der Waals surface area contributed by atoms with Crippen molar-refractivity contribution in [1.82, 2.24) is 4.57 Å². The van der Waals surface area contributed by atoms with Crippen molar-refractivity contribution in [1.29, 1.82) is 5.26 Å². The Balaban J connectivity index is 1.86. The molecule has 160 valence electrons. The number of aromatic nitrogens is 1. The lowest BCUT2D eigenvalue weighted by Crippen LogP contribution is -2.10. The Morgan fingerprint density at radius 2 is 1.84 bits per heavy atom. The van der Waals surface area contributed by atoms with Gasteiger partial charge in [0.15, 0.2) is 6.79 Å². The van der Waals surface area contributed by atoms with Crippen molar-refractivity contribution < 1.29 is 19.0 Å². The van der Waals surface area contributed by atoms with E-state index in [9.17, 15) is 10.1 Å². The van der Waals surface area contributed by atoms with Crippen LogP contribution >= 0.6 is 0 Å². The maximum Gasteiger partial charge on any atom is 0.341 e. The maximum atomic E-state index is 12.3. The third kappa shape index (κ3) is 4.07. The van der Waals surface area contributed by atoms with Crippen molar-refractivity contribution in [3.8, 4) is 28.6 Å². The van der Waals surface area contributed by atoms with Gasteiger partial charge in [-0.25, -0.2) is 4.79 Å². The molecular weight excluding hydrogens is 404 g/mol. The highest BCUT2D eigenvalue weighted by atomic mass is 16.7. The molecule has 6 nitrogen and oxygen atoms in total. The fourth-order valence-electron chi connectivity index (χ4n) is 3.62. The van der Waals surface area contributed by atoms with Crippen LogP contribution in [0.25, 0.3) is 27.7 Å². The van der Waals surface area contributed by atoms with E-state index in [2.05, 4.69) is 12.1 Å². The van der Waals surface area contributed by atoms with Gasteiger partial charge in [0.05, 0.1) is 17.7 Å². The summed E-state index contributed by atoms with van der Waals surface area (Å²) in [4.78, 5) is 12.3. The fraction of sp³-hybridized carbons (Fsp3) is 0.154. The molecule has 0 bridgehead atoms. The van der Waals surface area contributed by atoms with Crippen molar-refractivity contribution in [2.45, 2.75) is 6.92 Å². The van der Waals surface area contributed by atoms with Gasteiger partial charge >= 0.3 is 5.97 Å². The molecule has 6 heteroatoms. The van der Waals surface area contributed by atoms with E-state index in [0.717, 1.165) is 27.7 Å². The summed E-state index contributed by atoms with van der Waals surface area (Å²) in [5.41, 5.74) is 4.64. The number of esters is 1. The Hall–Kier alpha value is -4.08. The zero-order valence-corrected chi connectivity index (χ0v) is 17.9. The van der Waals surface area contributed by atoms with Gasteiger partial charge in [0.25, 0.3) is 0 Å². The number of hydrogen-bond donors (Lipinski definition) is 0. The van der Waals surface area contributed by atoms with Crippen molar-refractivity contribution in [2.75, 3.05) is 20.5 Å². The van der Waals surface area contributed by atoms with Gasteiger partial charge in [-0.3, -0.25) is 0 Å². The van der Waals surface area contributed by atoms with Gasteiger partial charge in [0.2, 0.25) is 0 Å². The summed E-state index contributed by atoms with van der Waals surface area (Å²) >= 11 is 0. The maximum absolute atomic E-state index is 12.3. The van der Waals surface area contributed by atoms with Crippen LogP contribution in [0, 0.1) is 11.3 Å². The number of methoxy groups -OCH3 is 1. The molecule has 4 aromatic rings. The van der Waals surface area contributed by atoms with Crippen LogP contribution in [0.15, 0.2) is 72.9 Å². The molecule has 0 atom stereocenters. The Morgan fingerprint density at radius 1 is 1.03 bits per heavy atom. The van der Waals surface area contributed by atoms with Crippen molar-refractivity contribution in [2.24, 2.45) is 0 Å². The molecule has 32 heavy (non-hydrogen) atoms. The van der Waals surface area contributed by atoms with Crippen molar-refractivity contribution >= 4 is 16.9 Å². The lowest BCUT2D eigenvalue weighted by Gasteiger charge is -2.13. The normalized spacial score (nSPS) is 10.7. The largest absolute Gasteiger partial charge is 0.467 e. The van der Waals surface area contributed by atoms with Gasteiger partial charge in [0, 0.05) is 30.4 Å². The highest BCUT2D eigenvalue weighted by Gasteiger charge is 2.17. The third-order valence-electron chi connectivity index (χ3n) is 5.10. The van der Waals surface area contributed by atoms with E-state index in [1.54, 1.807) is 25.3 Å². The van der Waals surface area contributed by atoms with Gasteiger partial charge in [-0.1, -0.05) is 42.5 Å². The lowest BCUT2D eigenvalue weighted by atomic mass is 10.0. The van der Waals surface area contributed by atoms with Crippen LogP contribution in [0.4, 0.5) is 0 Å². The molecule has 1 aromatic heterocycles. The molecule has 0 amide bonds. The molecule has 0 fully saturated rings. The van der Waals surface area contributed by atoms with E-state index in [4.69, 9.17) is 14.2 Å². The summed E-state index contributed by atoms with van der Waals surface area (Å²) in [6.45, 7) is 2.01. The van der Waals surface area contributed by atoms with Gasteiger partial charge < -0.3 is 18.8 Å². The predicted octanol–water partition coefficient (Wildman–Crippen LogP) is 5.33. The molecule has 0 spiro atoms. The Morgan fingerprint density at radius 3 is 2.56 bits per heavy atom. The molecule has 0 N–H and O–H groups in total. The second-order valence-electron chi connectivity index (χ2n) is 7.07. The highest BCUT2D eigenvalue weighted by molar-refractivity contribution is 5.94. The Kier molecular flexibility index (Phi) is 6.20. The number of fused-ring (bicyclic) bond motifs is 1. The predicted molar refractivity (Wildman–Crippen MR) is 122 cm³/mol. The van der Waals surface area contributed by atoms with Crippen molar-refractivity contribution in [3.63, 3.8) is 0 Å². The van der Waals surface area contributed by atoms with Crippen LogP contribution in [0.5, 0.6) is 5.75 Å². The molecule has 0 aliphatic heterocycles. The monoisotopic (exact) mass is 426 g/mol. The molecule has 1 heterocycles. The van der Waals surface area contributed by atoms with E-state index < -0.39 is 5.97 Å². The lowest BCUT2D eigenvalue weighted by molar-refractivity contribution is 0.0438. The van der Waals surface area contributed by atoms with E-state index in [1.807, 2.05) is 53.1 Å². The van der Waals surface area contributed by atoms with Gasteiger partial charge in [-0.05, 0) is 36.2 Å². The number of benzene rings is 3. The summed E-state index contributed by atoms with van der Waals surface area (Å²) < 4.78 is 17.7. The molecule has 0 saturated carbocycles. The SMILES string of the molecule is CCOC(=O)c1ccc(-n2cc(C#N)c3ccc(-c4ccccc4)cc32)cc1OCOC. The second-order valence-corrected chi connectivity index (χ2v) is 7.07. The number of carbonyl (C=O) groups is 1. The third-order valence-corrected chi connectivity index (χ3v) is 5.10. The number of rotatable bonds is 7. The van der Waals surface area contributed by atoms with Crippen LogP contribution in [0.3, 0.4) is 0 Å². The zero-order valence-electron chi connectivity index (χ0n) is 17.9. The molecular formula is C26H22N2O4. The molecule has 0 aliphatic carbocycles. The summed E-state index contributed by atoms with van der Waals surface area (Å²) in [5, 5.41) is 10.5. The van der Waals surface area contributed by atoms with E-state index >= 15 is 0 Å². The highest BCUT2D eigenvalue weighted by Crippen LogP contribution is 2.32. The van der Waals surface area contributed by atoms with Gasteiger partial charge in [0.1, 0.15) is 17.4 Å². The Labute approximate surface area is 186 Å². The van der Waals surface area contributed by atoms with Gasteiger partial charge in [-0.15, -0.1) is 0 Å². The van der Waals surface area contributed by atoms with Crippen LogP contribution in [0.2, 0.25) is 0 Å². The first-order chi connectivity index (χ1) is 15.7. The first-order valence-electron chi connectivity index (χ1n) is 10.2. The number of ether oxygens (including phenoxy) is 3. The minimum Gasteiger partial charge on any atom is -0.467 e. The van der Waals surface area contributed by atoms with E-state index in [-0.39, 0.29) is 13.4 Å². The second kappa shape index (κ2) is 9.38. The summed E-state index contributed by atoms with van der Waals surface area (Å²) in [6, 6.07) is 23.6. The minimum absolute atomic E-state index is 0.0100. The average molecular weight is 426 g/mol. The summed E-state index contributed by atoms with van der Waals surface area (Å²) in [6.07, 6.45) is 1.79. The number of nitrogens with zero attached hydrogens (tertiary/aromatic N) is 2. The van der Waals surface area contributed by atoms with Crippen LogP contribution in [0.1, 0.15) is 22.8 Å². The zero-order chi connectivity index (χ0) is 22.5. The van der Waals surface area contributed by atoms with Crippen molar-refractivity contribution in [3.05, 3.63) is 84.1 Å². The van der Waals surface area contributed by atoms with Crippen LogP contribution < -0.4 is 4.74 Å². The number of hydrogen-bond acceptors (Lipinski definition) is 5.